The zero-order chi connectivity index (χ0) is 21.6. The van der Waals surface area contributed by atoms with Crippen LogP contribution in [0, 0.1) is 0 Å². The van der Waals surface area contributed by atoms with E-state index in [1.54, 1.807) is 13.1 Å². The number of hydrogen-bond acceptors (Lipinski definition) is 5. The van der Waals surface area contributed by atoms with Gasteiger partial charge in [-0.15, -0.1) is 0 Å². The number of amides is 1. The number of carbonyl (C=O) groups is 1. The molecule has 0 radical (unpaired) electrons. The predicted octanol–water partition coefficient (Wildman–Crippen LogP) is 2.32. The van der Waals surface area contributed by atoms with E-state index in [0.717, 1.165) is 38.2 Å². The third kappa shape index (κ3) is 3.20. The number of hydrogen-bond donors (Lipinski definition) is 0. The van der Waals surface area contributed by atoms with Crippen molar-refractivity contribution in [3.8, 4) is 5.75 Å². The first-order valence-electron chi connectivity index (χ1n) is 10.7. The smallest absolute Gasteiger partial charge is 0.261 e. The van der Waals surface area contributed by atoms with Gasteiger partial charge in [-0.05, 0) is 55.8 Å². The fourth-order valence-electron chi connectivity index (χ4n) is 4.93. The van der Waals surface area contributed by atoms with E-state index in [1.165, 1.54) is 16.5 Å². The molecule has 1 spiro atoms. The summed E-state index contributed by atoms with van der Waals surface area (Å²) in [5.41, 5.74) is 2.42. The number of para-hydroxylation sites is 1. The summed E-state index contributed by atoms with van der Waals surface area (Å²) in [6, 6.07) is 13.6. The van der Waals surface area contributed by atoms with Gasteiger partial charge in [0.05, 0.1) is 22.6 Å². The predicted molar refractivity (Wildman–Crippen MR) is 120 cm³/mol. The molecule has 0 bridgehead atoms. The summed E-state index contributed by atoms with van der Waals surface area (Å²) >= 11 is 0. The van der Waals surface area contributed by atoms with Crippen molar-refractivity contribution in [2.45, 2.75) is 18.3 Å². The lowest BCUT2D eigenvalue weighted by atomic mass is 9.73. The molecule has 0 unspecified atom stereocenters. The lowest BCUT2D eigenvalue weighted by molar-refractivity contribution is -0.124. The topological polar surface area (TPSA) is 67.7 Å². The summed E-state index contributed by atoms with van der Waals surface area (Å²) in [7, 11) is 3.57. The monoisotopic (exact) mass is 418 g/mol. The van der Waals surface area contributed by atoms with E-state index in [4.69, 9.17) is 4.74 Å². The molecule has 7 heteroatoms. The van der Waals surface area contributed by atoms with Gasteiger partial charge in [-0.25, -0.2) is 4.98 Å². The van der Waals surface area contributed by atoms with Crippen LogP contribution in [0.4, 0.5) is 5.69 Å². The van der Waals surface area contributed by atoms with Gasteiger partial charge < -0.3 is 14.2 Å². The van der Waals surface area contributed by atoms with Crippen molar-refractivity contribution < 1.29 is 9.53 Å². The summed E-state index contributed by atoms with van der Waals surface area (Å²) < 4.78 is 7.40. The Morgan fingerprint density at radius 3 is 2.65 bits per heavy atom. The SMILES string of the molecule is CN1C(=O)C2(CCN(CCOc3ccc4ncn(C)c(=O)c4c3)CC2)c2ccccc21. The first kappa shape index (κ1) is 19.8. The number of anilines is 1. The molecule has 2 aliphatic rings. The van der Waals surface area contributed by atoms with Crippen LogP contribution in [0.2, 0.25) is 0 Å². The quantitative estimate of drug-likeness (QED) is 0.651. The van der Waals surface area contributed by atoms with Gasteiger partial charge in [-0.1, -0.05) is 18.2 Å². The van der Waals surface area contributed by atoms with E-state index in [2.05, 4.69) is 16.0 Å². The number of nitrogens with zero attached hydrogens (tertiary/aromatic N) is 4. The van der Waals surface area contributed by atoms with E-state index < -0.39 is 0 Å². The normalized spacial score (nSPS) is 18.0. The number of carbonyl (C=O) groups excluding carboxylic acids is 1. The van der Waals surface area contributed by atoms with Crippen molar-refractivity contribution in [1.29, 1.82) is 0 Å². The number of benzene rings is 2. The Morgan fingerprint density at radius 2 is 1.84 bits per heavy atom. The molecule has 1 fully saturated rings. The first-order valence-corrected chi connectivity index (χ1v) is 10.7. The highest BCUT2D eigenvalue weighted by Crippen LogP contribution is 2.47. The molecule has 1 saturated heterocycles. The number of aryl methyl sites for hydroxylation is 1. The second-order valence-corrected chi connectivity index (χ2v) is 8.49. The minimum atomic E-state index is -0.381. The number of aromatic nitrogens is 2. The zero-order valence-electron chi connectivity index (χ0n) is 17.9. The minimum absolute atomic E-state index is 0.0803. The maximum Gasteiger partial charge on any atom is 0.261 e. The van der Waals surface area contributed by atoms with Crippen LogP contribution in [-0.2, 0) is 17.3 Å². The third-order valence-electron chi connectivity index (χ3n) is 6.77. The number of fused-ring (bicyclic) bond motifs is 3. The summed E-state index contributed by atoms with van der Waals surface area (Å²) in [6.45, 7) is 3.03. The molecule has 3 aromatic rings. The fraction of sp³-hybridized carbons (Fsp3) is 0.375. The summed E-state index contributed by atoms with van der Waals surface area (Å²) in [6.07, 6.45) is 3.18. The van der Waals surface area contributed by atoms with Crippen LogP contribution in [-0.4, -0.2) is 53.6 Å². The molecule has 7 nitrogen and oxygen atoms in total. The van der Waals surface area contributed by atoms with Crippen LogP contribution in [0.15, 0.2) is 53.6 Å². The molecule has 3 heterocycles. The second-order valence-electron chi connectivity index (χ2n) is 8.49. The molecule has 2 aliphatic heterocycles. The maximum atomic E-state index is 13.1. The number of likely N-dealkylation sites (tertiary alicyclic amines) is 1. The maximum absolute atomic E-state index is 13.1. The standard InChI is InChI=1S/C24H26N4O3/c1-26-16-25-20-8-7-17(15-18(20)22(26)29)31-14-13-28-11-9-24(10-12-28)19-5-3-4-6-21(19)27(2)23(24)30/h3-8,15-16H,9-14H2,1-2H3. The van der Waals surface area contributed by atoms with Crippen molar-refractivity contribution >= 4 is 22.5 Å². The summed E-state index contributed by atoms with van der Waals surface area (Å²) in [5.74, 6) is 0.892. The highest BCUT2D eigenvalue weighted by atomic mass is 16.5. The summed E-state index contributed by atoms with van der Waals surface area (Å²) in [4.78, 5) is 33.8. The molecule has 1 aromatic heterocycles. The van der Waals surface area contributed by atoms with E-state index >= 15 is 0 Å². The van der Waals surface area contributed by atoms with Crippen molar-refractivity contribution in [2.24, 2.45) is 7.05 Å². The fourth-order valence-corrected chi connectivity index (χ4v) is 4.93. The Balaban J connectivity index is 1.22. The second kappa shape index (κ2) is 7.50. The van der Waals surface area contributed by atoms with Gasteiger partial charge in [0.15, 0.2) is 0 Å². The lowest BCUT2D eigenvalue weighted by Gasteiger charge is -2.38. The number of rotatable bonds is 4. The number of ether oxygens (including phenoxy) is 1. The molecular formula is C24H26N4O3. The van der Waals surface area contributed by atoms with Crippen LogP contribution in [0.1, 0.15) is 18.4 Å². The van der Waals surface area contributed by atoms with Crippen LogP contribution < -0.4 is 15.2 Å². The minimum Gasteiger partial charge on any atom is -0.492 e. The summed E-state index contributed by atoms with van der Waals surface area (Å²) in [5, 5.41) is 0.560. The molecule has 1 amide bonds. The lowest BCUT2D eigenvalue weighted by Crippen LogP contribution is -2.48. The highest BCUT2D eigenvalue weighted by molar-refractivity contribution is 6.07. The average Bonchev–Trinajstić information content (AvgIpc) is 3.00. The van der Waals surface area contributed by atoms with E-state index in [0.29, 0.717) is 23.3 Å². The van der Waals surface area contributed by atoms with Crippen molar-refractivity contribution in [3.63, 3.8) is 0 Å². The molecule has 0 aliphatic carbocycles. The Hall–Kier alpha value is -3.19. The average molecular weight is 418 g/mol. The van der Waals surface area contributed by atoms with E-state index in [-0.39, 0.29) is 16.9 Å². The van der Waals surface area contributed by atoms with Crippen molar-refractivity contribution in [1.82, 2.24) is 14.5 Å². The molecule has 31 heavy (non-hydrogen) atoms. The highest BCUT2D eigenvalue weighted by Gasteiger charge is 2.50. The Morgan fingerprint density at radius 1 is 1.06 bits per heavy atom. The van der Waals surface area contributed by atoms with Crippen molar-refractivity contribution in [2.75, 3.05) is 38.2 Å². The molecule has 160 valence electrons. The molecular weight excluding hydrogens is 392 g/mol. The molecule has 2 aromatic carbocycles. The zero-order valence-corrected chi connectivity index (χ0v) is 17.9. The van der Waals surface area contributed by atoms with Gasteiger partial charge in [0.2, 0.25) is 5.91 Å². The van der Waals surface area contributed by atoms with Crippen LogP contribution in [0.5, 0.6) is 5.75 Å². The Bertz CT molecular complexity index is 1210. The molecule has 0 saturated carbocycles. The largest absolute Gasteiger partial charge is 0.492 e. The van der Waals surface area contributed by atoms with Gasteiger partial charge in [-0.2, -0.15) is 0 Å². The third-order valence-corrected chi connectivity index (χ3v) is 6.77. The van der Waals surface area contributed by atoms with Crippen LogP contribution in [0.3, 0.4) is 0 Å². The molecule has 0 atom stereocenters. The Kier molecular flexibility index (Phi) is 4.78. The van der Waals surface area contributed by atoms with Gasteiger partial charge in [0.1, 0.15) is 12.4 Å². The van der Waals surface area contributed by atoms with E-state index in [9.17, 15) is 9.59 Å². The van der Waals surface area contributed by atoms with Gasteiger partial charge >= 0.3 is 0 Å². The molecule has 5 rings (SSSR count). The first-order chi connectivity index (χ1) is 15.0. The molecule has 0 N–H and O–H groups in total. The van der Waals surface area contributed by atoms with E-state index in [1.807, 2.05) is 42.3 Å². The van der Waals surface area contributed by atoms with Gasteiger partial charge in [-0.3, -0.25) is 14.5 Å². The van der Waals surface area contributed by atoms with Crippen LogP contribution >= 0.6 is 0 Å². The van der Waals surface area contributed by atoms with Crippen molar-refractivity contribution in [3.05, 3.63) is 64.7 Å². The van der Waals surface area contributed by atoms with Crippen LogP contribution in [0.25, 0.3) is 10.9 Å². The van der Waals surface area contributed by atoms with Gasteiger partial charge in [0, 0.05) is 26.3 Å². The number of piperidine rings is 1. The Labute approximate surface area is 180 Å². The van der Waals surface area contributed by atoms with Gasteiger partial charge in [0.25, 0.3) is 5.56 Å². The number of likely N-dealkylation sites (N-methyl/N-ethyl adjacent to an activating group) is 1.